The van der Waals surface area contributed by atoms with E-state index in [1.54, 1.807) is 12.1 Å². The number of aryl methyl sites for hydroxylation is 1. The summed E-state index contributed by atoms with van der Waals surface area (Å²) in [6, 6.07) is 5.63. The number of benzene rings is 1. The Morgan fingerprint density at radius 3 is 2.40 bits per heavy atom. The summed E-state index contributed by atoms with van der Waals surface area (Å²) in [5.74, 6) is 0.370. The molecule has 1 heterocycles. The fourth-order valence-corrected chi connectivity index (χ4v) is 5.37. The smallest absolute Gasteiger partial charge is 0.324 e. The van der Waals surface area contributed by atoms with Crippen LogP contribution in [0.1, 0.15) is 70.5 Å². The van der Waals surface area contributed by atoms with Gasteiger partial charge in [0.05, 0.1) is 23.8 Å². The van der Waals surface area contributed by atoms with E-state index in [1.807, 2.05) is 25.3 Å². The highest BCUT2D eigenvalue weighted by Gasteiger charge is 2.34. The summed E-state index contributed by atoms with van der Waals surface area (Å²) in [4.78, 5) is 17.1. The number of likely N-dealkylation sites (N-methyl/N-ethyl adjacent to an activating group) is 1. The van der Waals surface area contributed by atoms with E-state index in [0.29, 0.717) is 25.1 Å². The molecule has 10 heteroatoms. The van der Waals surface area contributed by atoms with Crippen molar-refractivity contribution in [2.75, 3.05) is 13.7 Å². The molecule has 0 saturated heterocycles. The van der Waals surface area contributed by atoms with Gasteiger partial charge in [-0.1, -0.05) is 57.8 Å². The lowest BCUT2D eigenvalue weighted by molar-refractivity contribution is -0.148. The summed E-state index contributed by atoms with van der Waals surface area (Å²) < 4.78 is 34.9. The minimum absolute atomic E-state index is 0.0954. The highest BCUT2D eigenvalue weighted by atomic mass is 35.5. The first-order valence-corrected chi connectivity index (χ1v) is 14.0. The lowest BCUT2D eigenvalue weighted by atomic mass is 10.0. The van der Waals surface area contributed by atoms with Gasteiger partial charge in [0.15, 0.2) is 5.15 Å². The van der Waals surface area contributed by atoms with Crippen LogP contribution in [-0.4, -0.2) is 53.0 Å². The highest BCUT2D eigenvalue weighted by molar-refractivity contribution is 7.89. The molecule has 1 N–H and O–H groups in total. The van der Waals surface area contributed by atoms with Crippen molar-refractivity contribution < 1.29 is 23.1 Å². The molecule has 1 atom stereocenters. The normalized spacial score (nSPS) is 12.9. The zero-order valence-electron chi connectivity index (χ0n) is 21.3. The molecule has 0 aliphatic carbocycles. The number of carbonyl (C=O) groups is 1. The Balaban J connectivity index is 2.29. The van der Waals surface area contributed by atoms with E-state index < -0.39 is 22.0 Å². The first-order valence-electron chi connectivity index (χ1n) is 12.1. The third-order valence-corrected chi connectivity index (χ3v) is 7.98. The van der Waals surface area contributed by atoms with Crippen molar-refractivity contribution in [3.8, 4) is 0 Å². The van der Waals surface area contributed by atoms with Gasteiger partial charge in [0.2, 0.25) is 10.0 Å². The number of hydrogen-bond donors (Lipinski definition) is 1. The van der Waals surface area contributed by atoms with Gasteiger partial charge in [-0.3, -0.25) is 4.79 Å². The quantitative estimate of drug-likeness (QED) is 0.365. The molecule has 0 fully saturated rings. The predicted molar refractivity (Wildman–Crippen MR) is 137 cm³/mol. The summed E-state index contributed by atoms with van der Waals surface area (Å²) in [6.45, 7) is 8.28. The van der Waals surface area contributed by atoms with E-state index in [-0.39, 0.29) is 29.2 Å². The molecular formula is C25H38ClN3O5S. The minimum atomic E-state index is -3.92. The Morgan fingerprint density at radius 2 is 1.86 bits per heavy atom. The molecule has 2 rings (SSSR count). The Labute approximate surface area is 214 Å². The summed E-state index contributed by atoms with van der Waals surface area (Å²) in [5.41, 5.74) is 1.38. The lowest BCUT2D eigenvalue weighted by Crippen LogP contribution is -2.44. The second-order valence-corrected chi connectivity index (χ2v) is 11.4. The molecule has 0 radical (unpaired) electrons. The molecule has 1 aromatic carbocycles. The van der Waals surface area contributed by atoms with E-state index in [2.05, 4.69) is 11.9 Å². The van der Waals surface area contributed by atoms with E-state index in [0.717, 1.165) is 35.0 Å². The number of ether oxygens (including phenoxy) is 1. The van der Waals surface area contributed by atoms with Crippen LogP contribution >= 0.6 is 11.6 Å². The number of nitrogens with zero attached hydrogens (tertiary/aromatic N) is 3. The Bertz CT molecular complexity index is 1070. The number of aromatic nitrogens is 2. The summed E-state index contributed by atoms with van der Waals surface area (Å²) >= 11 is 6.22. The van der Waals surface area contributed by atoms with Crippen molar-refractivity contribution in [2.24, 2.45) is 5.92 Å². The number of sulfonamides is 1. The number of rotatable bonds is 14. The molecule has 1 aromatic heterocycles. The molecule has 8 nitrogen and oxygen atoms in total. The maximum absolute atomic E-state index is 13.3. The van der Waals surface area contributed by atoms with Crippen LogP contribution in [0.4, 0.5) is 0 Å². The van der Waals surface area contributed by atoms with Crippen LogP contribution < -0.4 is 0 Å². The largest absolute Gasteiger partial charge is 0.465 e. The monoisotopic (exact) mass is 527 g/mol. The fourth-order valence-electron chi connectivity index (χ4n) is 3.79. The number of esters is 1. The van der Waals surface area contributed by atoms with E-state index in [4.69, 9.17) is 16.3 Å². The van der Waals surface area contributed by atoms with Crippen LogP contribution in [0, 0.1) is 5.92 Å². The molecular weight excluding hydrogens is 490 g/mol. The van der Waals surface area contributed by atoms with Crippen LogP contribution in [0.15, 0.2) is 29.2 Å². The Kier molecular flexibility index (Phi) is 11.2. The first kappa shape index (κ1) is 29.3. The van der Waals surface area contributed by atoms with Gasteiger partial charge < -0.3 is 14.4 Å². The van der Waals surface area contributed by atoms with Gasteiger partial charge in [0.1, 0.15) is 11.9 Å². The van der Waals surface area contributed by atoms with Gasteiger partial charge in [-0.25, -0.2) is 13.4 Å². The van der Waals surface area contributed by atoms with Gasteiger partial charge in [-0.2, -0.15) is 4.31 Å². The van der Waals surface area contributed by atoms with Crippen molar-refractivity contribution in [1.82, 2.24) is 13.9 Å². The van der Waals surface area contributed by atoms with E-state index in [9.17, 15) is 18.3 Å². The fraction of sp³-hybridized carbons (Fsp3) is 0.600. The molecule has 0 amide bonds. The van der Waals surface area contributed by atoms with Gasteiger partial charge >= 0.3 is 5.97 Å². The number of aliphatic hydroxyl groups is 1. The third-order valence-electron chi connectivity index (χ3n) is 5.80. The van der Waals surface area contributed by atoms with Crippen LogP contribution in [-0.2, 0) is 39.1 Å². The second-order valence-electron chi connectivity index (χ2n) is 9.09. The third kappa shape index (κ3) is 7.52. The van der Waals surface area contributed by atoms with E-state index >= 15 is 0 Å². The number of hydrogen-bond acceptors (Lipinski definition) is 6. The molecule has 0 spiro atoms. The van der Waals surface area contributed by atoms with Gasteiger partial charge in [-0.05, 0) is 42.9 Å². The molecule has 0 aliphatic heterocycles. The predicted octanol–water partition coefficient (Wildman–Crippen LogP) is 4.41. The van der Waals surface area contributed by atoms with Gasteiger partial charge in [0.25, 0.3) is 0 Å². The maximum Gasteiger partial charge on any atom is 0.324 e. The van der Waals surface area contributed by atoms with Crippen molar-refractivity contribution >= 4 is 27.6 Å². The molecule has 35 heavy (non-hydrogen) atoms. The average molecular weight is 528 g/mol. The van der Waals surface area contributed by atoms with Crippen LogP contribution in [0.25, 0.3) is 0 Å². The number of imidazole rings is 1. The van der Waals surface area contributed by atoms with Gasteiger partial charge in [-0.15, -0.1) is 0 Å². The molecule has 196 valence electrons. The summed E-state index contributed by atoms with van der Waals surface area (Å²) in [7, 11) is -2.50. The van der Waals surface area contributed by atoms with Crippen LogP contribution in [0.2, 0.25) is 5.15 Å². The number of carbonyl (C=O) groups excluding carboxylic acids is 1. The van der Waals surface area contributed by atoms with Crippen LogP contribution in [0.3, 0.4) is 0 Å². The molecule has 2 aromatic rings. The van der Waals surface area contributed by atoms with Crippen molar-refractivity contribution in [3.63, 3.8) is 0 Å². The second kappa shape index (κ2) is 13.4. The Morgan fingerprint density at radius 1 is 1.20 bits per heavy atom. The molecule has 0 aliphatic rings. The Hall–Kier alpha value is -1.94. The molecule has 0 bridgehead atoms. The lowest BCUT2D eigenvalue weighted by Gasteiger charge is -2.27. The zero-order valence-corrected chi connectivity index (χ0v) is 22.9. The topological polar surface area (TPSA) is 102 Å². The number of unbranched alkanes of at least 4 members (excludes halogenated alkanes) is 1. The SMILES string of the molecule is CCCCc1nc(Cl)c(CO)n1Cc1ccc(S(=O)(=O)N(C)[C@@H](CC(C)C)C(=O)OCCC)cc1. The van der Waals surface area contributed by atoms with Crippen molar-refractivity contribution in [3.05, 3.63) is 46.5 Å². The van der Waals surface area contributed by atoms with E-state index in [1.165, 1.54) is 19.2 Å². The average Bonchev–Trinajstić information content (AvgIpc) is 3.12. The molecule has 0 unspecified atom stereocenters. The summed E-state index contributed by atoms with van der Waals surface area (Å²) in [5, 5.41) is 10.1. The van der Waals surface area contributed by atoms with Gasteiger partial charge in [0, 0.05) is 20.0 Å². The first-order chi connectivity index (χ1) is 16.6. The molecule has 0 saturated carbocycles. The van der Waals surface area contributed by atoms with Crippen molar-refractivity contribution in [1.29, 1.82) is 0 Å². The number of aliphatic hydroxyl groups excluding tert-OH is 1. The standard InChI is InChI=1S/C25H38ClN3O5S/c1-6-8-9-23-27-24(26)22(17-30)29(23)16-19-10-12-20(13-11-19)35(32,33)28(5)21(15-18(3)4)25(31)34-14-7-2/h10-13,18,21,30H,6-9,14-17H2,1-5H3/t21-/m0/s1. The maximum atomic E-state index is 13.3. The minimum Gasteiger partial charge on any atom is -0.465 e. The van der Waals surface area contributed by atoms with Crippen molar-refractivity contribution in [2.45, 2.75) is 83.9 Å². The number of halogens is 1. The summed E-state index contributed by atoms with van der Waals surface area (Å²) in [6.07, 6.45) is 3.71. The zero-order chi connectivity index (χ0) is 26.2. The highest BCUT2D eigenvalue weighted by Crippen LogP contribution is 2.24. The van der Waals surface area contributed by atoms with Crippen LogP contribution in [0.5, 0.6) is 0 Å².